The molecule has 0 heterocycles. The Morgan fingerprint density at radius 1 is 1.21 bits per heavy atom. The molecule has 2 radical (unpaired) electrons. The Morgan fingerprint density at radius 3 is 2.75 bits per heavy atom. The third-order valence-corrected chi connectivity index (χ3v) is 8.89. The molecule has 4 aliphatic carbocycles. The Hall–Kier alpha value is -0.0701. The fourth-order valence-corrected chi connectivity index (χ4v) is 7.47. The van der Waals surface area contributed by atoms with Gasteiger partial charge in [0.2, 0.25) is 14.2 Å². The van der Waals surface area contributed by atoms with Gasteiger partial charge < -0.3 is 13.5 Å². The van der Waals surface area contributed by atoms with E-state index in [0.717, 1.165) is 55.9 Å². The van der Waals surface area contributed by atoms with Gasteiger partial charge >= 0.3 is 0 Å². The summed E-state index contributed by atoms with van der Waals surface area (Å²) in [7, 11) is 2.46. The number of aliphatic hydroxyl groups is 1. The first-order valence-electron chi connectivity index (χ1n) is 11.4. The van der Waals surface area contributed by atoms with Gasteiger partial charge in [0.05, 0.1) is 18.3 Å². The zero-order valence-electron chi connectivity index (χ0n) is 18.9. The zero-order valence-corrected chi connectivity index (χ0v) is 18.5. The van der Waals surface area contributed by atoms with Crippen LogP contribution in [0.3, 0.4) is 0 Å². The van der Waals surface area contributed by atoms with Crippen molar-refractivity contribution < 1.29 is 13.5 Å². The lowest BCUT2D eigenvalue weighted by Crippen LogP contribution is -2.52. The fraction of sp³-hybridized carbons (Fsp3) is 0.714. The summed E-state index contributed by atoms with van der Waals surface area (Å²) in [6, 6.07) is 0. The van der Waals surface area contributed by atoms with Gasteiger partial charge in [0.1, 0.15) is 0 Å². The maximum Gasteiger partial charge on any atom is 0.209 e. The van der Waals surface area contributed by atoms with Crippen LogP contribution in [-0.4, -0.2) is 40.3 Å². The SMILES string of the molecule is [3H][B]SO[C@@H]1CC2=CC=C3C(CC[C@]4(C)/C(=C\C)[C@H](O)CC34)[C@@]2(C)[C@@H](OS[B][3H])C1. The van der Waals surface area contributed by atoms with E-state index in [4.69, 9.17) is 11.0 Å². The smallest absolute Gasteiger partial charge is 0.209 e. The Bertz CT molecular complexity index is 765. The van der Waals surface area contributed by atoms with Crippen LogP contribution in [-0.2, 0) is 8.37 Å². The van der Waals surface area contributed by atoms with Crippen molar-refractivity contribution in [2.45, 2.75) is 71.2 Å². The monoisotopic (exact) mass is 420 g/mol. The highest BCUT2D eigenvalue weighted by atomic mass is 32.2. The van der Waals surface area contributed by atoms with Gasteiger partial charge in [-0.05, 0) is 58.1 Å². The standard InChI is InChI=1S/C21H30B2O3S2/c1-4-15-18(24)11-17-14-6-5-12-9-13(25-27-22)10-19(26-28-23)21(12,3)16(14)7-8-20(15,17)2/h4-6,13,16-19,22-24H,7-11H2,1-3H3/b15-4-/t13-,16?,17?,18-,19+,20-,21+/m1/s1/i22T,23T. The second kappa shape index (κ2) is 7.88. The van der Waals surface area contributed by atoms with Crippen molar-refractivity contribution in [2.24, 2.45) is 22.7 Å². The molecule has 3 saturated carbocycles. The van der Waals surface area contributed by atoms with Crippen LogP contribution < -0.4 is 0 Å². The van der Waals surface area contributed by atoms with Gasteiger partial charge in [-0.25, -0.2) is 0 Å². The van der Waals surface area contributed by atoms with E-state index in [1.54, 1.807) is 0 Å². The van der Waals surface area contributed by atoms with Gasteiger partial charge in [-0.3, -0.25) is 0 Å². The van der Waals surface area contributed by atoms with Crippen molar-refractivity contribution in [3.63, 3.8) is 0 Å². The molecule has 7 atom stereocenters. The molecule has 2 unspecified atom stereocenters. The molecule has 0 saturated heterocycles. The lowest BCUT2D eigenvalue weighted by Gasteiger charge is -2.56. The number of allylic oxidation sites excluding steroid dienone is 4. The minimum Gasteiger partial charge on any atom is -0.389 e. The number of hydrogen-bond donors (Lipinski definition) is 1. The fourth-order valence-electron chi connectivity index (χ4n) is 6.76. The first-order valence-corrected chi connectivity index (χ1v) is 11.8. The first-order chi connectivity index (χ1) is 14.4. The highest BCUT2D eigenvalue weighted by molar-refractivity contribution is 8.16. The molecule has 0 aromatic rings. The molecular weight excluding hydrogens is 386 g/mol. The summed E-state index contributed by atoms with van der Waals surface area (Å²) in [5.74, 6) is 0.747. The van der Waals surface area contributed by atoms with E-state index in [2.05, 4.69) is 39.0 Å². The van der Waals surface area contributed by atoms with Crippen LogP contribution in [0.1, 0.15) is 52.9 Å². The van der Waals surface area contributed by atoms with Crippen molar-refractivity contribution in [3.8, 4) is 0 Å². The summed E-state index contributed by atoms with van der Waals surface area (Å²) in [4.78, 5) is 0. The molecule has 0 aliphatic heterocycles. The molecule has 150 valence electrons. The van der Waals surface area contributed by atoms with E-state index in [0.29, 0.717) is 11.8 Å². The quantitative estimate of drug-likeness (QED) is 0.398. The maximum atomic E-state index is 10.8. The van der Waals surface area contributed by atoms with E-state index < -0.39 is 0 Å². The van der Waals surface area contributed by atoms with Gasteiger partial charge in [0.25, 0.3) is 0 Å². The maximum absolute atomic E-state index is 10.8. The van der Waals surface area contributed by atoms with Crippen molar-refractivity contribution in [3.05, 3.63) is 34.9 Å². The molecule has 0 aromatic carbocycles. The number of fused-ring (bicyclic) bond motifs is 5. The lowest BCUT2D eigenvalue weighted by molar-refractivity contribution is -0.0141. The van der Waals surface area contributed by atoms with Crippen LogP contribution in [0.15, 0.2) is 34.9 Å². The van der Waals surface area contributed by atoms with Crippen LogP contribution in [0.4, 0.5) is 0 Å². The van der Waals surface area contributed by atoms with Crippen LogP contribution in [0.2, 0.25) is 0 Å². The third kappa shape index (κ3) is 3.03. The normalized spacial score (nSPS) is 47.1. The van der Waals surface area contributed by atoms with E-state index in [-0.39, 0.29) is 29.1 Å². The van der Waals surface area contributed by atoms with Crippen LogP contribution >= 0.6 is 23.8 Å². The number of rotatable bonds is 6. The van der Waals surface area contributed by atoms with Gasteiger partial charge in [0.15, 0.2) is 0 Å². The largest absolute Gasteiger partial charge is 0.389 e. The Balaban J connectivity index is 1.69. The van der Waals surface area contributed by atoms with Gasteiger partial charge in [-0.1, -0.05) is 67.0 Å². The molecule has 0 aromatic heterocycles. The summed E-state index contributed by atoms with van der Waals surface area (Å²) in [5, 5.41) is 10.8. The van der Waals surface area contributed by atoms with Gasteiger partial charge in [0, 0.05) is 11.8 Å². The van der Waals surface area contributed by atoms with E-state index in [1.807, 2.05) is 0 Å². The van der Waals surface area contributed by atoms with E-state index >= 15 is 0 Å². The van der Waals surface area contributed by atoms with E-state index in [9.17, 15) is 5.11 Å². The summed E-state index contributed by atoms with van der Waals surface area (Å²) in [6.07, 6.45) is 10.9. The highest BCUT2D eigenvalue weighted by Gasteiger charge is 2.59. The van der Waals surface area contributed by atoms with Crippen LogP contribution in [0, 0.1) is 22.7 Å². The molecule has 7 heteroatoms. The van der Waals surface area contributed by atoms with Gasteiger partial charge in [-0.2, -0.15) is 0 Å². The van der Waals surface area contributed by atoms with Crippen molar-refractivity contribution >= 4 is 38.0 Å². The summed E-state index contributed by atoms with van der Waals surface area (Å²) in [6.45, 7) is 6.72. The summed E-state index contributed by atoms with van der Waals surface area (Å²) in [5.41, 5.74) is 3.92. The number of aliphatic hydroxyl groups excluding tert-OH is 1. The highest BCUT2D eigenvalue weighted by Crippen LogP contribution is 2.65. The molecule has 0 amide bonds. The van der Waals surface area contributed by atoms with Crippen molar-refractivity contribution in [1.82, 2.24) is 0 Å². The first kappa shape index (κ1) is 18.7. The molecule has 3 nitrogen and oxygen atoms in total. The Morgan fingerprint density at radius 2 is 2.00 bits per heavy atom. The second-order valence-corrected chi connectivity index (χ2v) is 9.90. The van der Waals surface area contributed by atoms with Crippen LogP contribution in [0.5, 0.6) is 0 Å². The molecular formula is C21H30B2O3S2. The minimum atomic E-state index is -0.342. The van der Waals surface area contributed by atoms with Gasteiger partial charge in [-0.15, -0.1) is 0 Å². The van der Waals surface area contributed by atoms with Crippen molar-refractivity contribution in [2.75, 3.05) is 0 Å². The lowest BCUT2D eigenvalue weighted by atomic mass is 9.50. The van der Waals surface area contributed by atoms with E-state index in [1.165, 1.54) is 30.9 Å². The minimum absolute atomic E-state index is 0.000930. The Kier molecular flexibility index (Phi) is 5.26. The zero-order chi connectivity index (χ0) is 21.5. The molecule has 4 aliphatic rings. The summed E-state index contributed by atoms with van der Waals surface area (Å²) < 4.78 is 26.7. The molecule has 28 heavy (non-hydrogen) atoms. The topological polar surface area (TPSA) is 38.7 Å². The molecule has 1 N–H and O–H groups in total. The predicted molar refractivity (Wildman–Crippen MR) is 121 cm³/mol. The predicted octanol–water partition coefficient (Wildman–Crippen LogP) is 4.09. The Labute approximate surface area is 182 Å². The average Bonchev–Trinajstić information content (AvgIpc) is 3.00. The molecule has 0 bridgehead atoms. The molecule has 0 spiro atoms. The summed E-state index contributed by atoms with van der Waals surface area (Å²) >= 11 is 2.17. The molecule has 3 fully saturated rings. The second-order valence-electron chi connectivity index (χ2n) is 9.13. The van der Waals surface area contributed by atoms with Crippen LogP contribution in [0.25, 0.3) is 0 Å². The third-order valence-electron chi connectivity index (χ3n) is 8.16. The molecule has 4 rings (SSSR count). The number of hydrogen-bond acceptors (Lipinski definition) is 5. The van der Waals surface area contributed by atoms with Crippen molar-refractivity contribution in [1.29, 1.82) is 2.67 Å². The average molecular weight is 420 g/mol.